The fourth-order valence-corrected chi connectivity index (χ4v) is 5.54. The number of hydrogen-bond acceptors (Lipinski definition) is 4. The van der Waals surface area contributed by atoms with Crippen LogP contribution in [0.2, 0.25) is 5.02 Å². The van der Waals surface area contributed by atoms with Gasteiger partial charge in [0.25, 0.3) is 0 Å². The number of benzene rings is 1. The number of aryl methyl sites for hydroxylation is 1. The Labute approximate surface area is 213 Å². The summed E-state index contributed by atoms with van der Waals surface area (Å²) in [5.74, 6) is 0. The lowest BCUT2D eigenvalue weighted by molar-refractivity contribution is 0.263. The van der Waals surface area contributed by atoms with E-state index in [4.69, 9.17) is 16.6 Å². The van der Waals surface area contributed by atoms with Gasteiger partial charge >= 0.3 is 0 Å². The number of halogens is 1. The first-order valence-electron chi connectivity index (χ1n) is 12.4. The third-order valence-corrected chi connectivity index (χ3v) is 7.16. The van der Waals surface area contributed by atoms with Crippen molar-refractivity contribution in [3.63, 3.8) is 0 Å². The van der Waals surface area contributed by atoms with Crippen molar-refractivity contribution in [3.05, 3.63) is 89.0 Å². The summed E-state index contributed by atoms with van der Waals surface area (Å²) in [6.07, 6.45) is 14.4. The van der Waals surface area contributed by atoms with E-state index in [-0.39, 0.29) is 6.04 Å². The Kier molecular flexibility index (Phi) is 6.72. The molecule has 0 unspecified atom stereocenters. The summed E-state index contributed by atoms with van der Waals surface area (Å²) in [6, 6.07) is 8.68. The number of nitrogens with zero attached hydrogens (tertiary/aromatic N) is 4. The van der Waals surface area contributed by atoms with Crippen LogP contribution in [0.1, 0.15) is 42.0 Å². The van der Waals surface area contributed by atoms with Crippen LogP contribution in [0.4, 0.5) is 5.69 Å². The number of rotatable bonds is 6. The van der Waals surface area contributed by atoms with Gasteiger partial charge in [-0.1, -0.05) is 24.2 Å². The molecule has 0 aliphatic carbocycles. The molecule has 0 saturated carbocycles. The van der Waals surface area contributed by atoms with Crippen LogP contribution in [-0.4, -0.2) is 53.5 Å². The van der Waals surface area contributed by atoms with E-state index in [2.05, 4.69) is 90.0 Å². The fraction of sp³-hybridized carbons (Fsp3) is 0.345. The minimum Gasteiger partial charge on any atom is -0.370 e. The molecule has 2 aliphatic heterocycles. The smallest absolute Gasteiger partial charge is 0.138 e. The average molecular weight is 488 g/mol. The topological polar surface area (TPSA) is 38.4 Å². The minimum atomic E-state index is 0.110. The molecule has 2 aliphatic rings. The van der Waals surface area contributed by atoms with Crippen LogP contribution >= 0.6 is 11.6 Å². The predicted octanol–water partition coefficient (Wildman–Crippen LogP) is 6.54. The number of aromatic nitrogens is 2. The van der Waals surface area contributed by atoms with Crippen molar-refractivity contribution in [3.8, 4) is 0 Å². The monoisotopic (exact) mass is 487 g/mol. The van der Waals surface area contributed by atoms with Gasteiger partial charge in [0.2, 0.25) is 0 Å². The van der Waals surface area contributed by atoms with E-state index >= 15 is 0 Å². The lowest BCUT2D eigenvalue weighted by Crippen LogP contribution is -2.32. The minimum absolute atomic E-state index is 0.110. The summed E-state index contributed by atoms with van der Waals surface area (Å²) in [5, 5.41) is 1.92. The second-order valence-electron chi connectivity index (χ2n) is 9.99. The molecule has 1 fully saturated rings. The highest BCUT2D eigenvalue weighted by Crippen LogP contribution is 2.36. The maximum Gasteiger partial charge on any atom is 0.138 e. The Bertz CT molecular complexity index is 1280. The summed E-state index contributed by atoms with van der Waals surface area (Å²) in [6.45, 7) is 9.59. The molecule has 3 aromatic rings. The van der Waals surface area contributed by atoms with Crippen molar-refractivity contribution in [2.75, 3.05) is 38.6 Å². The SMILES string of the molecule is C=C1C=C(c2c[nH]c3ncc(N4CCCCC4)cc23)C=CN1[C@H](CN(C)C)c1cc(C)cc(Cl)c1. The highest BCUT2D eigenvalue weighted by Gasteiger charge is 2.24. The zero-order chi connectivity index (χ0) is 24.5. The third-order valence-electron chi connectivity index (χ3n) is 6.94. The Hall–Kier alpha value is -3.02. The van der Waals surface area contributed by atoms with Crippen LogP contribution in [-0.2, 0) is 0 Å². The Morgan fingerprint density at radius 2 is 1.94 bits per heavy atom. The molecule has 2 aromatic heterocycles. The molecule has 1 N–H and O–H groups in total. The third kappa shape index (κ3) is 5.02. The normalized spacial score (nSPS) is 17.4. The van der Waals surface area contributed by atoms with E-state index in [9.17, 15) is 0 Å². The number of allylic oxidation sites excluding steroid dienone is 3. The number of anilines is 1. The average Bonchev–Trinajstić information content (AvgIpc) is 3.26. The summed E-state index contributed by atoms with van der Waals surface area (Å²) in [7, 11) is 4.20. The Balaban J connectivity index is 1.45. The number of H-pyrrole nitrogens is 1. The van der Waals surface area contributed by atoms with E-state index in [0.717, 1.165) is 58.1 Å². The molecule has 35 heavy (non-hydrogen) atoms. The van der Waals surface area contributed by atoms with Crippen LogP contribution < -0.4 is 4.90 Å². The van der Waals surface area contributed by atoms with E-state index in [1.165, 1.54) is 30.5 Å². The van der Waals surface area contributed by atoms with Gasteiger partial charge in [-0.25, -0.2) is 4.98 Å². The summed E-state index contributed by atoms with van der Waals surface area (Å²) in [4.78, 5) is 15.0. The first-order valence-corrected chi connectivity index (χ1v) is 12.8. The van der Waals surface area contributed by atoms with Crippen molar-refractivity contribution in [2.24, 2.45) is 0 Å². The maximum absolute atomic E-state index is 6.42. The first-order chi connectivity index (χ1) is 16.9. The fourth-order valence-electron chi connectivity index (χ4n) is 5.24. The van der Waals surface area contributed by atoms with Crippen molar-refractivity contribution >= 4 is 33.9 Å². The molecule has 0 spiro atoms. The molecular weight excluding hydrogens is 454 g/mol. The molecule has 5 nitrogen and oxygen atoms in total. The van der Waals surface area contributed by atoms with Gasteiger partial charge in [0.15, 0.2) is 0 Å². The van der Waals surface area contributed by atoms with Gasteiger partial charge in [0, 0.05) is 53.7 Å². The first kappa shape index (κ1) is 23.7. The number of hydrogen-bond donors (Lipinski definition) is 1. The van der Waals surface area contributed by atoms with Gasteiger partial charge in [-0.15, -0.1) is 0 Å². The quantitative estimate of drug-likeness (QED) is 0.428. The number of nitrogens with one attached hydrogen (secondary N) is 1. The van der Waals surface area contributed by atoms with Crippen molar-refractivity contribution < 1.29 is 0 Å². The summed E-state index contributed by atoms with van der Waals surface area (Å²) >= 11 is 6.42. The van der Waals surface area contributed by atoms with Crippen LogP contribution in [0, 0.1) is 6.92 Å². The van der Waals surface area contributed by atoms with E-state index < -0.39 is 0 Å². The molecule has 6 heteroatoms. The highest BCUT2D eigenvalue weighted by molar-refractivity contribution is 6.30. The molecule has 0 bridgehead atoms. The molecule has 1 atom stereocenters. The standard InChI is InChI=1S/C29H34ClN5/c1-20-12-23(15-24(30)13-20)28(19-33(3)4)35-11-8-22(14-21(35)2)27-18-32-29-26(27)16-25(17-31-29)34-9-6-5-7-10-34/h8,11-18,28H,2,5-7,9-10,19H2,1,3-4H3,(H,31,32)/t28-/m1/s1. The van der Waals surface area contributed by atoms with Gasteiger partial charge in [0.05, 0.1) is 17.9 Å². The lowest BCUT2D eigenvalue weighted by Gasteiger charge is -2.35. The summed E-state index contributed by atoms with van der Waals surface area (Å²) < 4.78 is 0. The molecule has 0 radical (unpaired) electrons. The van der Waals surface area contributed by atoms with E-state index in [1.807, 2.05) is 12.3 Å². The second-order valence-corrected chi connectivity index (χ2v) is 10.4. The highest BCUT2D eigenvalue weighted by atomic mass is 35.5. The Morgan fingerprint density at radius 3 is 2.66 bits per heavy atom. The molecule has 5 rings (SSSR count). The molecule has 182 valence electrons. The molecule has 4 heterocycles. The molecule has 0 amide bonds. The van der Waals surface area contributed by atoms with Gasteiger partial charge < -0.3 is 19.7 Å². The molecular formula is C29H34ClN5. The number of pyridine rings is 1. The number of piperidine rings is 1. The number of fused-ring (bicyclic) bond motifs is 1. The number of likely N-dealkylation sites (N-methyl/N-ethyl adjacent to an activating group) is 1. The summed E-state index contributed by atoms with van der Waals surface area (Å²) in [5.41, 5.74) is 7.74. The Morgan fingerprint density at radius 1 is 1.14 bits per heavy atom. The van der Waals surface area contributed by atoms with Gasteiger partial charge in [-0.05, 0) is 87.3 Å². The maximum atomic E-state index is 6.42. The van der Waals surface area contributed by atoms with Crippen molar-refractivity contribution in [1.29, 1.82) is 0 Å². The second kappa shape index (κ2) is 9.92. The number of aromatic amines is 1. The molecule has 1 aromatic carbocycles. The van der Waals surface area contributed by atoms with E-state index in [0.29, 0.717) is 0 Å². The molecule has 1 saturated heterocycles. The van der Waals surface area contributed by atoms with Gasteiger partial charge in [-0.3, -0.25) is 0 Å². The van der Waals surface area contributed by atoms with Crippen LogP contribution in [0.25, 0.3) is 16.6 Å². The van der Waals surface area contributed by atoms with Crippen molar-refractivity contribution in [1.82, 2.24) is 19.8 Å². The lowest BCUT2D eigenvalue weighted by atomic mass is 9.98. The van der Waals surface area contributed by atoms with Gasteiger partial charge in [-0.2, -0.15) is 0 Å². The predicted molar refractivity (Wildman–Crippen MR) is 148 cm³/mol. The van der Waals surface area contributed by atoms with Crippen molar-refractivity contribution in [2.45, 2.75) is 32.2 Å². The van der Waals surface area contributed by atoms with Gasteiger partial charge in [0.1, 0.15) is 5.65 Å². The van der Waals surface area contributed by atoms with E-state index in [1.54, 1.807) is 0 Å². The van der Waals surface area contributed by atoms with Crippen LogP contribution in [0.15, 0.2) is 67.3 Å². The van der Waals surface area contributed by atoms with Crippen LogP contribution in [0.3, 0.4) is 0 Å². The zero-order valence-electron chi connectivity index (χ0n) is 20.9. The van der Waals surface area contributed by atoms with Crippen LogP contribution in [0.5, 0.6) is 0 Å². The zero-order valence-corrected chi connectivity index (χ0v) is 21.6. The largest absolute Gasteiger partial charge is 0.370 e.